The van der Waals surface area contributed by atoms with Gasteiger partial charge in [-0.2, -0.15) is 0 Å². The quantitative estimate of drug-likeness (QED) is 0.232. The molecule has 0 saturated heterocycles. The summed E-state index contributed by atoms with van der Waals surface area (Å²) in [7, 11) is 1.43. The molecule has 2 aromatic rings. The highest BCUT2D eigenvalue weighted by Gasteiger charge is 2.34. The molecule has 5 rings (SSSR count). The number of rotatable bonds is 10. The normalized spacial score (nSPS) is 24.7. The summed E-state index contributed by atoms with van der Waals surface area (Å²) >= 11 is 12.3. The van der Waals surface area contributed by atoms with Gasteiger partial charge >= 0.3 is 11.9 Å². The number of esters is 1. The van der Waals surface area contributed by atoms with Gasteiger partial charge in [0.2, 0.25) is 5.91 Å². The Labute approximate surface area is 320 Å². The van der Waals surface area contributed by atoms with E-state index in [1.807, 2.05) is 36.4 Å². The van der Waals surface area contributed by atoms with Crippen molar-refractivity contribution in [3.63, 3.8) is 0 Å². The van der Waals surface area contributed by atoms with Gasteiger partial charge in [0.25, 0.3) is 0 Å². The lowest BCUT2D eigenvalue weighted by atomic mass is 9.85. The van der Waals surface area contributed by atoms with Gasteiger partial charge in [0, 0.05) is 33.1 Å². The molecule has 0 radical (unpaired) electrons. The van der Waals surface area contributed by atoms with Crippen molar-refractivity contribution in [1.29, 1.82) is 0 Å². The molecule has 3 fully saturated rings. The number of nitrogens with one attached hydrogen (secondary N) is 1. The Morgan fingerprint density at radius 3 is 1.67 bits per heavy atom. The molecule has 3 aliphatic rings. The standard InChI is InChI=1S/C25H36ClNO4.C17H23ClO3/c1-25(2,3)21-14-19(26)10-11-22(21)31-15-16-8-9-17(12-16)23(28)27-20-7-5-6-18(13-20)24(29)30-4;1-17(2,3)14-9-13(18)6-7-15(14)21-10-11-4-5-12(8-11)16(19)20/h10-11,14,16-18,20H,5-9,12-13,15H2,1-4H3,(H,27,28);6-7,9,11-12H,4-5,8,10H2,1-3H3,(H,19,20). The highest BCUT2D eigenvalue weighted by Crippen LogP contribution is 2.38. The first-order valence-corrected chi connectivity index (χ1v) is 19.7. The monoisotopic (exact) mass is 759 g/mol. The number of aliphatic carboxylic acids is 1. The van der Waals surface area contributed by atoms with E-state index in [2.05, 4.69) is 46.9 Å². The van der Waals surface area contributed by atoms with Crippen LogP contribution in [0.4, 0.5) is 0 Å². The number of benzene rings is 2. The zero-order valence-corrected chi connectivity index (χ0v) is 33.6. The van der Waals surface area contributed by atoms with Gasteiger partial charge < -0.3 is 24.6 Å². The number of halogens is 2. The Bertz CT molecular complexity index is 1530. The van der Waals surface area contributed by atoms with E-state index >= 15 is 0 Å². The molecule has 0 aliphatic heterocycles. The van der Waals surface area contributed by atoms with E-state index in [0.29, 0.717) is 47.9 Å². The summed E-state index contributed by atoms with van der Waals surface area (Å²) in [6.45, 7) is 14.0. The number of carbonyl (C=O) groups is 3. The van der Waals surface area contributed by atoms with Crippen molar-refractivity contribution in [2.24, 2.45) is 29.6 Å². The van der Waals surface area contributed by atoms with E-state index in [4.69, 9.17) is 42.5 Å². The lowest BCUT2D eigenvalue weighted by Gasteiger charge is -2.29. The van der Waals surface area contributed by atoms with Crippen LogP contribution in [-0.4, -0.2) is 49.3 Å². The van der Waals surface area contributed by atoms with Crippen molar-refractivity contribution in [2.75, 3.05) is 20.3 Å². The predicted molar refractivity (Wildman–Crippen MR) is 206 cm³/mol. The highest BCUT2D eigenvalue weighted by atomic mass is 35.5. The fourth-order valence-corrected chi connectivity index (χ4v) is 8.12. The number of carbonyl (C=O) groups excluding carboxylic acids is 2. The van der Waals surface area contributed by atoms with Gasteiger partial charge in [0.15, 0.2) is 0 Å². The zero-order chi connectivity index (χ0) is 38.2. The van der Waals surface area contributed by atoms with Gasteiger partial charge in [-0.15, -0.1) is 0 Å². The second kappa shape index (κ2) is 18.4. The van der Waals surface area contributed by atoms with E-state index < -0.39 is 5.97 Å². The summed E-state index contributed by atoms with van der Waals surface area (Å²) in [5.41, 5.74) is 2.09. The summed E-state index contributed by atoms with van der Waals surface area (Å²) in [6.07, 6.45) is 8.54. The number of carboxylic acid groups (broad SMARTS) is 1. The Morgan fingerprint density at radius 2 is 1.21 bits per heavy atom. The number of amides is 1. The predicted octanol–water partition coefficient (Wildman–Crippen LogP) is 9.80. The van der Waals surface area contributed by atoms with E-state index in [1.165, 1.54) is 7.11 Å². The molecule has 6 atom stereocenters. The second-order valence-electron chi connectivity index (χ2n) is 17.1. The lowest BCUT2D eigenvalue weighted by Crippen LogP contribution is -2.42. The van der Waals surface area contributed by atoms with Crippen LogP contribution in [0.3, 0.4) is 0 Å². The van der Waals surface area contributed by atoms with Crippen LogP contribution in [0.2, 0.25) is 10.0 Å². The molecule has 288 valence electrons. The van der Waals surface area contributed by atoms with Gasteiger partial charge in [-0.05, 0) is 117 Å². The molecule has 0 spiro atoms. The minimum absolute atomic E-state index is 0.0272. The van der Waals surface area contributed by atoms with Crippen molar-refractivity contribution in [2.45, 2.75) is 123 Å². The third kappa shape index (κ3) is 12.0. The molecule has 0 heterocycles. The molecule has 6 unspecified atom stereocenters. The van der Waals surface area contributed by atoms with Crippen LogP contribution in [0.15, 0.2) is 36.4 Å². The van der Waals surface area contributed by atoms with E-state index in [1.54, 1.807) is 0 Å². The van der Waals surface area contributed by atoms with E-state index in [0.717, 1.165) is 74.0 Å². The van der Waals surface area contributed by atoms with Gasteiger partial charge in [-0.25, -0.2) is 0 Å². The maximum Gasteiger partial charge on any atom is 0.308 e. The highest BCUT2D eigenvalue weighted by molar-refractivity contribution is 6.31. The molecule has 2 aromatic carbocycles. The minimum Gasteiger partial charge on any atom is -0.493 e. The Morgan fingerprint density at radius 1 is 0.712 bits per heavy atom. The van der Waals surface area contributed by atoms with Crippen molar-refractivity contribution in [3.8, 4) is 11.5 Å². The topological polar surface area (TPSA) is 111 Å². The third-order valence-corrected chi connectivity index (χ3v) is 11.3. The average Bonchev–Trinajstić information content (AvgIpc) is 3.77. The molecule has 0 bridgehead atoms. The fraction of sp³-hybridized carbons (Fsp3) is 0.643. The van der Waals surface area contributed by atoms with Crippen molar-refractivity contribution >= 4 is 41.0 Å². The summed E-state index contributed by atoms with van der Waals surface area (Å²) in [5.74, 6) is 1.44. The molecule has 0 aromatic heterocycles. The Balaban J connectivity index is 0.000000251. The van der Waals surface area contributed by atoms with Crippen LogP contribution >= 0.6 is 23.2 Å². The third-order valence-electron chi connectivity index (χ3n) is 10.8. The molecule has 52 heavy (non-hydrogen) atoms. The van der Waals surface area contributed by atoms with Gasteiger partial charge in [-0.1, -0.05) is 71.2 Å². The maximum atomic E-state index is 12.8. The zero-order valence-electron chi connectivity index (χ0n) is 32.1. The smallest absolute Gasteiger partial charge is 0.308 e. The summed E-state index contributed by atoms with van der Waals surface area (Å²) in [6, 6.07) is 11.6. The number of methoxy groups -OCH3 is 1. The SMILES string of the molecule is CC(C)(C)c1cc(Cl)ccc1OCC1CCC(C(=O)O)C1.COC(=O)C1CCCC(NC(=O)C2CCC(COc3ccc(Cl)cc3C(C)(C)C)C2)C1. The first-order chi connectivity index (χ1) is 24.4. The fourth-order valence-electron chi connectivity index (χ4n) is 7.78. The van der Waals surface area contributed by atoms with Crippen molar-refractivity contribution in [1.82, 2.24) is 5.32 Å². The van der Waals surface area contributed by atoms with E-state index in [9.17, 15) is 14.4 Å². The molecule has 3 aliphatic carbocycles. The van der Waals surface area contributed by atoms with Crippen LogP contribution in [0.5, 0.6) is 11.5 Å². The minimum atomic E-state index is -0.681. The number of ether oxygens (including phenoxy) is 3. The molecular weight excluding hydrogens is 701 g/mol. The number of carboxylic acids is 1. The summed E-state index contributed by atoms with van der Waals surface area (Å²) < 4.78 is 17.1. The van der Waals surface area contributed by atoms with Crippen LogP contribution < -0.4 is 14.8 Å². The van der Waals surface area contributed by atoms with E-state index in [-0.39, 0.29) is 46.5 Å². The average molecular weight is 761 g/mol. The largest absolute Gasteiger partial charge is 0.493 e. The molecular formula is C42H59Cl2NO7. The van der Waals surface area contributed by atoms with Crippen LogP contribution in [0.25, 0.3) is 0 Å². The van der Waals surface area contributed by atoms with Crippen molar-refractivity contribution in [3.05, 3.63) is 57.6 Å². The molecule has 8 nitrogen and oxygen atoms in total. The Hall–Kier alpha value is -2.97. The second-order valence-corrected chi connectivity index (χ2v) is 18.0. The Kier molecular flexibility index (Phi) is 14.8. The van der Waals surface area contributed by atoms with Crippen LogP contribution in [0, 0.1) is 29.6 Å². The van der Waals surface area contributed by atoms with Gasteiger partial charge in [0.05, 0.1) is 32.2 Å². The molecule has 3 saturated carbocycles. The van der Waals surface area contributed by atoms with Crippen LogP contribution in [-0.2, 0) is 30.0 Å². The van der Waals surface area contributed by atoms with Crippen molar-refractivity contribution < 1.29 is 33.7 Å². The summed E-state index contributed by atoms with van der Waals surface area (Å²) in [5, 5.41) is 13.7. The number of hydrogen-bond acceptors (Lipinski definition) is 6. The summed E-state index contributed by atoms with van der Waals surface area (Å²) in [4.78, 5) is 35.6. The van der Waals surface area contributed by atoms with Gasteiger partial charge in [-0.3, -0.25) is 14.4 Å². The molecule has 1 amide bonds. The molecule has 2 N–H and O–H groups in total. The van der Waals surface area contributed by atoms with Gasteiger partial charge in [0.1, 0.15) is 11.5 Å². The maximum absolute atomic E-state index is 12.8. The number of hydrogen-bond donors (Lipinski definition) is 2. The molecule has 10 heteroatoms. The van der Waals surface area contributed by atoms with Crippen LogP contribution in [0.1, 0.15) is 117 Å². The lowest BCUT2D eigenvalue weighted by molar-refractivity contribution is -0.147. The first kappa shape index (κ1) is 41.8. The first-order valence-electron chi connectivity index (χ1n) is 18.9.